The van der Waals surface area contributed by atoms with E-state index in [9.17, 15) is 19.5 Å². The van der Waals surface area contributed by atoms with E-state index in [2.05, 4.69) is 50.3 Å². The summed E-state index contributed by atoms with van der Waals surface area (Å²) in [6, 6.07) is -0.616. The predicted octanol–water partition coefficient (Wildman–Crippen LogP) is 13.8. The van der Waals surface area contributed by atoms with Crippen LogP contribution in [-0.2, 0) is 28.6 Å². The van der Waals surface area contributed by atoms with E-state index in [0.29, 0.717) is 19.3 Å². The molecule has 344 valence electrons. The fourth-order valence-corrected chi connectivity index (χ4v) is 7.20. The van der Waals surface area contributed by atoms with Crippen LogP contribution in [0.5, 0.6) is 0 Å². The van der Waals surface area contributed by atoms with Crippen molar-refractivity contribution >= 4 is 17.9 Å². The van der Waals surface area contributed by atoms with Crippen LogP contribution in [0, 0.1) is 0 Å². The Morgan fingerprint density at radius 2 is 0.898 bits per heavy atom. The summed E-state index contributed by atoms with van der Waals surface area (Å²) in [5.74, 6) is -1.47. The van der Waals surface area contributed by atoms with E-state index in [1.165, 1.54) is 135 Å². The largest absolute Gasteiger partial charge is 0.477 e. The van der Waals surface area contributed by atoms with Crippen LogP contribution in [-0.4, -0.2) is 80.6 Å². The molecule has 0 aromatic heterocycles. The topological polar surface area (TPSA) is 99.1 Å². The number of aliphatic carboxylic acids is 1. The third-order valence-electron chi connectivity index (χ3n) is 11.0. The van der Waals surface area contributed by atoms with Crippen LogP contribution in [0.25, 0.3) is 0 Å². The molecule has 0 aromatic rings. The number of hydrogen-bond donors (Lipinski definition) is 1. The smallest absolute Gasteiger partial charge is 0.362 e. The average Bonchev–Trinajstić information content (AvgIpc) is 3.19. The van der Waals surface area contributed by atoms with Gasteiger partial charge in [0.05, 0.1) is 34.4 Å². The highest BCUT2D eigenvalue weighted by atomic mass is 16.6. The van der Waals surface area contributed by atoms with Gasteiger partial charge in [0, 0.05) is 19.3 Å². The highest BCUT2D eigenvalue weighted by molar-refractivity contribution is 5.72. The number of carboxylic acids is 1. The number of carbonyl (C=O) groups is 3. The van der Waals surface area contributed by atoms with Gasteiger partial charge in [-0.2, -0.15) is 0 Å². The van der Waals surface area contributed by atoms with Gasteiger partial charge in [-0.25, -0.2) is 4.79 Å². The molecule has 0 aliphatic heterocycles. The predicted molar refractivity (Wildman–Crippen MR) is 248 cm³/mol. The first-order chi connectivity index (χ1) is 28.6. The molecule has 0 radical (unpaired) electrons. The van der Waals surface area contributed by atoms with Crippen LogP contribution in [0.1, 0.15) is 219 Å². The summed E-state index contributed by atoms with van der Waals surface area (Å²) in [5, 5.41) is 9.64. The molecule has 0 amide bonds. The molecule has 8 heteroatoms. The second-order valence-corrected chi connectivity index (χ2v) is 17.7. The van der Waals surface area contributed by atoms with E-state index >= 15 is 0 Å². The molecule has 59 heavy (non-hydrogen) atoms. The standard InChI is InChI=1S/C51H93NO7/c1-6-8-10-12-14-16-18-20-22-24-25-26-28-29-31-33-35-37-39-41-49(53)58-46-47(45-57-44-43-48(51(55)56)52(3,4)5)59-50(54)42-40-38-36-34-32-30-27-23-21-19-17-15-13-11-9-7-2/h14,16,18,20,23,27,47-48H,6-13,15,17,19,21-22,24-26,28-46H2,1-5H3/p+1/b16-14+,20-18+,27-23+. The minimum absolute atomic E-state index is 0.0544. The third kappa shape index (κ3) is 40.7. The van der Waals surface area contributed by atoms with Gasteiger partial charge in [-0.3, -0.25) is 9.59 Å². The maximum absolute atomic E-state index is 12.8. The van der Waals surface area contributed by atoms with Crippen molar-refractivity contribution in [3.8, 4) is 0 Å². The fourth-order valence-electron chi connectivity index (χ4n) is 7.20. The zero-order valence-corrected chi connectivity index (χ0v) is 39.2. The summed E-state index contributed by atoms with van der Waals surface area (Å²) in [6.45, 7) is 4.71. The molecular formula is C51H94NO7+. The zero-order valence-electron chi connectivity index (χ0n) is 39.2. The number of quaternary nitrogens is 1. The van der Waals surface area contributed by atoms with Crippen LogP contribution >= 0.6 is 0 Å². The number of carboxylic acid groups (broad SMARTS) is 1. The Balaban J connectivity index is 4.28. The molecule has 0 aromatic carbocycles. The lowest BCUT2D eigenvalue weighted by molar-refractivity contribution is -0.887. The maximum atomic E-state index is 12.8. The molecule has 0 saturated carbocycles. The number of ether oxygens (including phenoxy) is 3. The molecule has 8 nitrogen and oxygen atoms in total. The van der Waals surface area contributed by atoms with Gasteiger partial charge in [0.1, 0.15) is 6.61 Å². The lowest BCUT2D eigenvalue weighted by atomic mass is 10.1. The first kappa shape index (κ1) is 56.5. The van der Waals surface area contributed by atoms with Gasteiger partial charge >= 0.3 is 17.9 Å². The van der Waals surface area contributed by atoms with Crippen LogP contribution in [0.15, 0.2) is 36.5 Å². The zero-order chi connectivity index (χ0) is 43.5. The van der Waals surface area contributed by atoms with Crippen LogP contribution < -0.4 is 0 Å². The molecule has 0 bridgehead atoms. The molecule has 0 heterocycles. The minimum Gasteiger partial charge on any atom is -0.477 e. The van der Waals surface area contributed by atoms with Crippen LogP contribution in [0.2, 0.25) is 0 Å². The summed E-state index contributed by atoms with van der Waals surface area (Å²) in [6.07, 6.45) is 49.0. The molecule has 0 aliphatic carbocycles. The Labute approximate surface area is 364 Å². The summed E-state index contributed by atoms with van der Waals surface area (Å²) in [7, 11) is 5.53. The van der Waals surface area contributed by atoms with Crippen molar-refractivity contribution < 1.29 is 38.2 Å². The summed E-state index contributed by atoms with van der Waals surface area (Å²) in [5.41, 5.74) is 0. The monoisotopic (exact) mass is 833 g/mol. The van der Waals surface area contributed by atoms with Crippen LogP contribution in [0.3, 0.4) is 0 Å². The van der Waals surface area contributed by atoms with E-state index in [0.717, 1.165) is 51.4 Å². The Morgan fingerprint density at radius 3 is 1.36 bits per heavy atom. The number of nitrogens with zero attached hydrogens (tertiary/aromatic N) is 1. The Kier molecular flexibility index (Phi) is 40.5. The van der Waals surface area contributed by atoms with Crippen molar-refractivity contribution in [2.24, 2.45) is 0 Å². The van der Waals surface area contributed by atoms with Crippen LogP contribution in [0.4, 0.5) is 0 Å². The number of unbranched alkanes of at least 4 members (excludes halogenated alkanes) is 25. The summed E-state index contributed by atoms with van der Waals surface area (Å²) < 4.78 is 17.3. The molecule has 2 atom stereocenters. The van der Waals surface area contributed by atoms with Gasteiger partial charge in [-0.05, 0) is 64.2 Å². The quantitative estimate of drug-likeness (QED) is 0.0215. The van der Waals surface area contributed by atoms with Crippen molar-refractivity contribution in [2.75, 3.05) is 41.0 Å². The SMILES string of the molecule is CCCCC/C=C/C=C/CCCCCCCCCCCCC(=O)OCC(COCCC(C(=O)O)[N+](C)(C)C)OC(=O)CCCCCCC/C=C/CCCCCCCCC. The molecule has 2 unspecified atom stereocenters. The van der Waals surface area contributed by atoms with E-state index in [1.807, 2.05) is 21.1 Å². The van der Waals surface area contributed by atoms with Crippen molar-refractivity contribution in [3.05, 3.63) is 36.5 Å². The minimum atomic E-state index is -0.875. The number of hydrogen-bond acceptors (Lipinski definition) is 6. The lowest BCUT2D eigenvalue weighted by Gasteiger charge is -2.31. The summed E-state index contributed by atoms with van der Waals surface area (Å²) >= 11 is 0. The van der Waals surface area contributed by atoms with Gasteiger partial charge in [-0.15, -0.1) is 0 Å². The highest BCUT2D eigenvalue weighted by Crippen LogP contribution is 2.15. The molecule has 0 aliphatic rings. The molecule has 0 fully saturated rings. The lowest BCUT2D eigenvalue weighted by Crippen LogP contribution is -2.50. The van der Waals surface area contributed by atoms with Crippen molar-refractivity contribution in [3.63, 3.8) is 0 Å². The molecule has 1 N–H and O–H groups in total. The Bertz CT molecular complexity index is 1060. The maximum Gasteiger partial charge on any atom is 0.362 e. The Morgan fingerprint density at radius 1 is 0.508 bits per heavy atom. The van der Waals surface area contributed by atoms with E-state index in [1.54, 1.807) is 0 Å². The molecule has 0 rings (SSSR count). The molecule has 0 saturated heterocycles. The second-order valence-electron chi connectivity index (χ2n) is 17.7. The number of carbonyl (C=O) groups excluding carboxylic acids is 2. The highest BCUT2D eigenvalue weighted by Gasteiger charge is 2.31. The first-order valence-corrected chi connectivity index (χ1v) is 24.5. The number of allylic oxidation sites excluding steroid dienone is 6. The van der Waals surface area contributed by atoms with E-state index in [4.69, 9.17) is 14.2 Å². The van der Waals surface area contributed by atoms with Crippen molar-refractivity contribution in [1.82, 2.24) is 0 Å². The normalized spacial score (nSPS) is 13.2. The fraction of sp³-hybridized carbons (Fsp3) is 0.824. The second kappa shape index (κ2) is 42.2. The van der Waals surface area contributed by atoms with Crippen molar-refractivity contribution in [1.29, 1.82) is 0 Å². The summed E-state index contributed by atoms with van der Waals surface area (Å²) in [4.78, 5) is 37.1. The third-order valence-corrected chi connectivity index (χ3v) is 11.0. The van der Waals surface area contributed by atoms with E-state index < -0.39 is 18.1 Å². The average molecular weight is 833 g/mol. The molecular weight excluding hydrogens is 739 g/mol. The number of likely N-dealkylation sites (N-methyl/N-ethyl adjacent to an activating group) is 1. The van der Waals surface area contributed by atoms with Gasteiger partial charge in [0.25, 0.3) is 0 Å². The Hall–Kier alpha value is -2.45. The number of esters is 2. The van der Waals surface area contributed by atoms with Gasteiger partial charge in [0.2, 0.25) is 0 Å². The van der Waals surface area contributed by atoms with Crippen molar-refractivity contribution in [2.45, 2.75) is 231 Å². The van der Waals surface area contributed by atoms with Gasteiger partial charge in [-0.1, -0.05) is 172 Å². The first-order valence-electron chi connectivity index (χ1n) is 24.5. The van der Waals surface area contributed by atoms with Gasteiger partial charge in [0.15, 0.2) is 12.1 Å². The van der Waals surface area contributed by atoms with Gasteiger partial charge < -0.3 is 23.8 Å². The number of rotatable bonds is 44. The van der Waals surface area contributed by atoms with E-state index in [-0.39, 0.29) is 36.2 Å². The molecule has 0 spiro atoms.